The van der Waals surface area contributed by atoms with Gasteiger partial charge in [-0.15, -0.1) is 0 Å². The van der Waals surface area contributed by atoms with Gasteiger partial charge in [0.05, 0.1) is 25.4 Å². The van der Waals surface area contributed by atoms with E-state index >= 15 is 0 Å². The van der Waals surface area contributed by atoms with E-state index in [2.05, 4.69) is 0 Å². The fraction of sp³-hybridized carbons (Fsp3) is 1.00. The number of hydrogen-bond acceptors (Lipinski definition) is 14. The summed E-state index contributed by atoms with van der Waals surface area (Å²) in [5, 5.41) is 89.9. The van der Waals surface area contributed by atoms with Crippen LogP contribution in [0.5, 0.6) is 0 Å². The number of ether oxygens (including phenoxy) is 5. The third kappa shape index (κ3) is 5.24. The number of hydrogen-bond donors (Lipinski definition) is 9. The van der Waals surface area contributed by atoms with Crippen LogP contribution >= 0.6 is 0 Å². The quantitative estimate of drug-likeness (QED) is 0.176. The van der Waals surface area contributed by atoms with Gasteiger partial charge in [-0.3, -0.25) is 0 Å². The van der Waals surface area contributed by atoms with Crippen LogP contribution in [0.4, 0.5) is 0 Å². The van der Waals surface area contributed by atoms with E-state index in [9.17, 15) is 46.0 Å². The van der Waals surface area contributed by atoms with Crippen molar-refractivity contribution >= 4 is 0 Å². The predicted octanol–water partition coefficient (Wildman–Crippen LogP) is -5.52. The van der Waals surface area contributed by atoms with Gasteiger partial charge in [0, 0.05) is 6.42 Å². The number of aliphatic hydroxyl groups is 9. The van der Waals surface area contributed by atoms with Crippen LogP contribution in [0.15, 0.2) is 0 Å². The standard InChI is InChI=1S/C18H32O14/c1-5-2-6(21)9(22)17(28-5)31-15-8(4-20)30-18(13(26)11(15)24)32-14-7(3-19)29-16(27)12(25)10(14)23/h5-27H,2-4H2,1H3/t5-,6+,7-,8-,9-,10-,11-,12-,13-,14-,15-,16-,17-,18-/m1/s1. The van der Waals surface area contributed by atoms with Crippen LogP contribution in [0.3, 0.4) is 0 Å². The van der Waals surface area contributed by atoms with Crippen LogP contribution in [-0.4, -0.2) is 145 Å². The summed E-state index contributed by atoms with van der Waals surface area (Å²) in [4.78, 5) is 0. The summed E-state index contributed by atoms with van der Waals surface area (Å²) in [6.45, 7) is 0.204. The highest BCUT2D eigenvalue weighted by Crippen LogP contribution is 2.31. The molecule has 14 atom stereocenters. The van der Waals surface area contributed by atoms with Crippen LogP contribution in [0.1, 0.15) is 13.3 Å². The molecule has 9 N–H and O–H groups in total. The second kappa shape index (κ2) is 10.8. The van der Waals surface area contributed by atoms with Gasteiger partial charge in [-0.25, -0.2) is 0 Å². The van der Waals surface area contributed by atoms with Gasteiger partial charge in [0.1, 0.15) is 54.9 Å². The molecule has 3 aliphatic rings. The van der Waals surface area contributed by atoms with E-state index in [0.29, 0.717) is 0 Å². The molecule has 0 aromatic heterocycles. The maximum atomic E-state index is 10.6. The third-order valence-electron chi connectivity index (χ3n) is 5.86. The largest absolute Gasteiger partial charge is 0.394 e. The van der Waals surface area contributed by atoms with Crippen molar-refractivity contribution in [3.63, 3.8) is 0 Å². The zero-order chi connectivity index (χ0) is 23.7. The molecule has 3 aliphatic heterocycles. The number of rotatable bonds is 6. The maximum absolute atomic E-state index is 10.6. The molecule has 14 heteroatoms. The lowest BCUT2D eigenvalue weighted by atomic mass is 9.96. The van der Waals surface area contributed by atoms with E-state index in [1.807, 2.05) is 0 Å². The molecule has 188 valence electrons. The summed E-state index contributed by atoms with van der Waals surface area (Å²) in [6, 6.07) is 0. The van der Waals surface area contributed by atoms with E-state index in [0.717, 1.165) is 0 Å². The summed E-state index contributed by atoms with van der Waals surface area (Å²) in [6.07, 6.45) is -20.3. The first kappa shape index (κ1) is 26.1. The Morgan fingerprint density at radius 1 is 0.656 bits per heavy atom. The van der Waals surface area contributed by atoms with Gasteiger partial charge in [-0.1, -0.05) is 0 Å². The van der Waals surface area contributed by atoms with Gasteiger partial charge in [-0.2, -0.15) is 0 Å². The molecule has 3 heterocycles. The Bertz CT molecular complexity index is 592. The monoisotopic (exact) mass is 472 g/mol. The maximum Gasteiger partial charge on any atom is 0.187 e. The van der Waals surface area contributed by atoms with Crippen molar-refractivity contribution in [2.75, 3.05) is 13.2 Å². The molecule has 0 aromatic carbocycles. The Balaban J connectivity index is 1.71. The molecule has 0 aliphatic carbocycles. The molecule has 3 rings (SSSR count). The Morgan fingerprint density at radius 2 is 1.16 bits per heavy atom. The molecular weight excluding hydrogens is 440 g/mol. The van der Waals surface area contributed by atoms with E-state index in [-0.39, 0.29) is 6.42 Å². The first-order chi connectivity index (χ1) is 15.1. The summed E-state index contributed by atoms with van der Waals surface area (Å²) in [5.74, 6) is 0. The highest BCUT2D eigenvalue weighted by molar-refractivity contribution is 4.95. The average Bonchev–Trinajstić information content (AvgIpc) is 2.76. The van der Waals surface area contributed by atoms with Gasteiger partial charge < -0.3 is 69.6 Å². The Labute approximate surface area is 183 Å². The summed E-state index contributed by atoms with van der Waals surface area (Å²) in [7, 11) is 0. The van der Waals surface area contributed by atoms with Crippen molar-refractivity contribution in [3.05, 3.63) is 0 Å². The first-order valence-corrected chi connectivity index (χ1v) is 10.3. The second-order valence-electron chi connectivity index (χ2n) is 8.25. The minimum atomic E-state index is -1.80. The molecule has 0 unspecified atom stereocenters. The van der Waals surface area contributed by atoms with E-state index in [1.54, 1.807) is 6.92 Å². The molecule has 0 amide bonds. The van der Waals surface area contributed by atoms with Gasteiger partial charge >= 0.3 is 0 Å². The minimum absolute atomic E-state index is 0.158. The Morgan fingerprint density at radius 3 is 1.72 bits per heavy atom. The van der Waals surface area contributed by atoms with Crippen molar-refractivity contribution in [3.8, 4) is 0 Å². The van der Waals surface area contributed by atoms with Crippen molar-refractivity contribution < 1.29 is 69.6 Å². The highest BCUT2D eigenvalue weighted by Gasteiger charge is 2.52. The molecule has 0 radical (unpaired) electrons. The zero-order valence-electron chi connectivity index (χ0n) is 17.3. The van der Waals surface area contributed by atoms with Crippen LogP contribution in [-0.2, 0) is 23.7 Å². The van der Waals surface area contributed by atoms with Crippen LogP contribution in [0.25, 0.3) is 0 Å². The summed E-state index contributed by atoms with van der Waals surface area (Å²) >= 11 is 0. The van der Waals surface area contributed by atoms with Gasteiger partial charge in [0.15, 0.2) is 18.9 Å². The van der Waals surface area contributed by atoms with Crippen LogP contribution in [0, 0.1) is 0 Å². The summed E-state index contributed by atoms with van der Waals surface area (Å²) < 4.78 is 26.9. The molecular formula is C18H32O14. The molecule has 0 aromatic rings. The summed E-state index contributed by atoms with van der Waals surface area (Å²) in [5.41, 5.74) is 0. The van der Waals surface area contributed by atoms with Crippen molar-refractivity contribution in [2.45, 2.75) is 99.4 Å². The lowest BCUT2D eigenvalue weighted by Gasteiger charge is -2.47. The fourth-order valence-corrected chi connectivity index (χ4v) is 4.02. The highest BCUT2D eigenvalue weighted by atomic mass is 16.7. The van der Waals surface area contributed by atoms with E-state index < -0.39 is 99.2 Å². The molecule has 3 saturated heterocycles. The molecule has 0 spiro atoms. The normalized spacial score (nSPS) is 52.7. The molecule has 32 heavy (non-hydrogen) atoms. The van der Waals surface area contributed by atoms with Gasteiger partial charge in [0.2, 0.25) is 0 Å². The number of aliphatic hydroxyl groups excluding tert-OH is 9. The van der Waals surface area contributed by atoms with Crippen molar-refractivity contribution in [1.29, 1.82) is 0 Å². The SMILES string of the molecule is C[C@@H]1C[C@H](O)[C@@H](O)[C@@H](O[C@H]2[C@H](O)[C@@H](O)[C@@H](O[C@H]3[C@H](O)[C@@H](O)[C@H](O)O[C@@H]3CO)O[C@@H]2CO)O1. The Kier molecular flexibility index (Phi) is 8.79. The van der Waals surface area contributed by atoms with E-state index in [4.69, 9.17) is 23.7 Å². The van der Waals surface area contributed by atoms with E-state index in [1.165, 1.54) is 0 Å². The van der Waals surface area contributed by atoms with Crippen molar-refractivity contribution in [1.82, 2.24) is 0 Å². The smallest absolute Gasteiger partial charge is 0.187 e. The van der Waals surface area contributed by atoms with Gasteiger partial charge in [-0.05, 0) is 6.92 Å². The lowest BCUT2D eigenvalue weighted by Crippen LogP contribution is -2.65. The third-order valence-corrected chi connectivity index (χ3v) is 5.86. The van der Waals surface area contributed by atoms with Gasteiger partial charge in [0.25, 0.3) is 0 Å². The molecule has 14 nitrogen and oxygen atoms in total. The second-order valence-corrected chi connectivity index (χ2v) is 8.25. The lowest BCUT2D eigenvalue weighted by molar-refractivity contribution is -0.372. The topological polar surface area (TPSA) is 228 Å². The van der Waals surface area contributed by atoms with Crippen LogP contribution in [0.2, 0.25) is 0 Å². The first-order valence-electron chi connectivity index (χ1n) is 10.3. The Hall–Kier alpha value is -0.560. The average molecular weight is 472 g/mol. The van der Waals surface area contributed by atoms with Crippen molar-refractivity contribution in [2.24, 2.45) is 0 Å². The molecule has 0 saturated carbocycles. The zero-order valence-corrected chi connectivity index (χ0v) is 17.3. The minimum Gasteiger partial charge on any atom is -0.394 e. The fourth-order valence-electron chi connectivity index (χ4n) is 4.02. The molecule has 0 bridgehead atoms. The molecule has 3 fully saturated rings. The predicted molar refractivity (Wildman–Crippen MR) is 98.5 cm³/mol. The van der Waals surface area contributed by atoms with Crippen LogP contribution < -0.4 is 0 Å².